The second-order valence-corrected chi connectivity index (χ2v) is 8.93. The molecule has 0 saturated carbocycles. The van der Waals surface area contributed by atoms with Crippen LogP contribution in [-0.4, -0.2) is 42.2 Å². The minimum Gasteiger partial charge on any atom is -0.481 e. The molecule has 5 nitrogen and oxygen atoms in total. The normalized spacial score (nSPS) is 14.2. The number of aliphatic hydroxyl groups is 1. The van der Waals surface area contributed by atoms with Gasteiger partial charge in [0.1, 0.15) is 9.84 Å². The average molecular weight is 363 g/mol. The van der Waals surface area contributed by atoms with E-state index in [-0.39, 0.29) is 17.8 Å². The molecule has 0 aromatic heterocycles. The molecule has 2 N–H and O–H groups in total. The Morgan fingerprint density at radius 2 is 1.58 bits per heavy atom. The van der Waals surface area contributed by atoms with Crippen LogP contribution in [0.5, 0.6) is 0 Å². The molecular formula is C18H34O5S. The molecule has 0 rings (SSSR count). The Morgan fingerprint density at radius 1 is 1.00 bits per heavy atom. The van der Waals surface area contributed by atoms with Crippen molar-refractivity contribution < 1.29 is 23.4 Å². The van der Waals surface area contributed by atoms with Crippen molar-refractivity contribution in [1.82, 2.24) is 0 Å². The maximum atomic E-state index is 11.9. The van der Waals surface area contributed by atoms with Crippen LogP contribution in [0.1, 0.15) is 77.0 Å². The Bertz CT molecular complexity index is 444. The van der Waals surface area contributed by atoms with Gasteiger partial charge in [-0.05, 0) is 51.4 Å². The van der Waals surface area contributed by atoms with Crippen LogP contribution in [0.3, 0.4) is 0 Å². The minimum atomic E-state index is -3.08. The van der Waals surface area contributed by atoms with Crippen molar-refractivity contribution in [1.29, 1.82) is 0 Å². The van der Waals surface area contributed by atoms with Crippen LogP contribution in [0.2, 0.25) is 0 Å². The number of allylic oxidation sites excluding steroid dienone is 1. The van der Waals surface area contributed by atoms with Gasteiger partial charge < -0.3 is 10.2 Å². The predicted molar refractivity (Wildman–Crippen MR) is 97.9 cm³/mol. The Labute approximate surface area is 147 Å². The zero-order valence-corrected chi connectivity index (χ0v) is 15.8. The van der Waals surface area contributed by atoms with Crippen molar-refractivity contribution >= 4 is 15.8 Å². The topological polar surface area (TPSA) is 91.7 Å². The molecule has 2 atom stereocenters. The smallest absolute Gasteiger partial charge is 0.303 e. The Morgan fingerprint density at radius 3 is 2.17 bits per heavy atom. The van der Waals surface area contributed by atoms with Crippen molar-refractivity contribution in [2.75, 3.05) is 6.26 Å². The highest BCUT2D eigenvalue weighted by Crippen LogP contribution is 2.19. The molecule has 0 aromatic carbocycles. The maximum Gasteiger partial charge on any atom is 0.303 e. The van der Waals surface area contributed by atoms with Crippen molar-refractivity contribution in [3.05, 3.63) is 12.7 Å². The van der Waals surface area contributed by atoms with Gasteiger partial charge in [0.15, 0.2) is 0 Å². The molecular weight excluding hydrogens is 328 g/mol. The summed E-state index contributed by atoms with van der Waals surface area (Å²) < 4.78 is 23.8. The summed E-state index contributed by atoms with van der Waals surface area (Å²) in [6.45, 7) is 3.65. The van der Waals surface area contributed by atoms with Crippen molar-refractivity contribution in [2.45, 2.75) is 88.4 Å². The molecule has 0 saturated heterocycles. The summed E-state index contributed by atoms with van der Waals surface area (Å²) in [4.78, 5) is 10.4. The number of rotatable bonds is 16. The fraction of sp³-hybridized carbons (Fsp3) is 0.833. The van der Waals surface area contributed by atoms with Crippen LogP contribution in [0.15, 0.2) is 12.7 Å². The molecule has 24 heavy (non-hydrogen) atoms. The van der Waals surface area contributed by atoms with Crippen LogP contribution in [0.25, 0.3) is 0 Å². The van der Waals surface area contributed by atoms with E-state index >= 15 is 0 Å². The first-order chi connectivity index (χ1) is 11.3. The van der Waals surface area contributed by atoms with E-state index in [1.165, 1.54) is 6.26 Å². The average Bonchev–Trinajstić information content (AvgIpc) is 2.47. The second kappa shape index (κ2) is 13.4. The molecule has 0 bridgehead atoms. The number of hydrogen-bond acceptors (Lipinski definition) is 4. The lowest BCUT2D eigenvalue weighted by Gasteiger charge is -2.16. The predicted octanol–water partition coefficient (Wildman–Crippen LogP) is 3.71. The number of aliphatic hydroxyl groups excluding tert-OH is 1. The zero-order chi connectivity index (χ0) is 18.4. The van der Waals surface area contributed by atoms with Gasteiger partial charge in [0, 0.05) is 12.7 Å². The molecule has 6 heteroatoms. The molecule has 0 aliphatic carbocycles. The number of carboxylic acid groups (broad SMARTS) is 1. The molecule has 0 aromatic rings. The SMILES string of the molecule is C=CCCCC(O)CCCC(CCCCCCC(=O)O)S(C)(=O)=O. The third-order valence-corrected chi connectivity index (χ3v) is 5.96. The van der Waals surface area contributed by atoms with Gasteiger partial charge in [0.25, 0.3) is 0 Å². The molecule has 0 spiro atoms. The van der Waals surface area contributed by atoms with Crippen LogP contribution >= 0.6 is 0 Å². The molecule has 0 radical (unpaired) electrons. The first kappa shape index (κ1) is 23.1. The molecule has 2 unspecified atom stereocenters. The number of unbranched alkanes of at least 4 members (excludes halogenated alkanes) is 4. The third kappa shape index (κ3) is 13.5. The van der Waals surface area contributed by atoms with Gasteiger partial charge in [-0.25, -0.2) is 8.42 Å². The van der Waals surface area contributed by atoms with Gasteiger partial charge in [0.05, 0.1) is 11.4 Å². The van der Waals surface area contributed by atoms with Gasteiger partial charge in [-0.1, -0.05) is 25.3 Å². The quantitative estimate of drug-likeness (QED) is 0.322. The van der Waals surface area contributed by atoms with Crippen LogP contribution in [-0.2, 0) is 14.6 Å². The fourth-order valence-electron chi connectivity index (χ4n) is 2.80. The lowest BCUT2D eigenvalue weighted by Crippen LogP contribution is -2.20. The maximum absolute atomic E-state index is 11.9. The van der Waals surface area contributed by atoms with E-state index in [0.29, 0.717) is 32.1 Å². The van der Waals surface area contributed by atoms with E-state index in [1.807, 2.05) is 6.08 Å². The molecule has 0 fully saturated rings. The molecule has 0 aliphatic rings. The lowest BCUT2D eigenvalue weighted by atomic mass is 10.0. The Kier molecular flexibility index (Phi) is 12.9. The molecule has 0 amide bonds. The first-order valence-electron chi connectivity index (χ1n) is 8.97. The van der Waals surface area contributed by atoms with E-state index in [2.05, 4.69) is 6.58 Å². The van der Waals surface area contributed by atoms with E-state index < -0.39 is 15.8 Å². The number of carbonyl (C=O) groups is 1. The summed E-state index contributed by atoms with van der Waals surface area (Å²) in [5, 5.41) is 18.1. The largest absolute Gasteiger partial charge is 0.481 e. The lowest BCUT2D eigenvalue weighted by molar-refractivity contribution is -0.137. The van der Waals surface area contributed by atoms with Crippen molar-refractivity contribution in [3.8, 4) is 0 Å². The highest BCUT2D eigenvalue weighted by atomic mass is 32.2. The van der Waals surface area contributed by atoms with Crippen molar-refractivity contribution in [2.24, 2.45) is 0 Å². The van der Waals surface area contributed by atoms with Gasteiger partial charge in [-0.3, -0.25) is 4.79 Å². The summed E-state index contributed by atoms with van der Waals surface area (Å²) in [6.07, 6.45) is 11.2. The Balaban J connectivity index is 3.98. The highest BCUT2D eigenvalue weighted by molar-refractivity contribution is 7.91. The summed E-state index contributed by atoms with van der Waals surface area (Å²) >= 11 is 0. The Hall–Kier alpha value is -0.880. The van der Waals surface area contributed by atoms with E-state index in [0.717, 1.165) is 38.5 Å². The monoisotopic (exact) mass is 362 g/mol. The van der Waals surface area contributed by atoms with Crippen molar-refractivity contribution in [3.63, 3.8) is 0 Å². The molecule has 0 heterocycles. The molecule has 142 valence electrons. The standard InChI is InChI=1S/C18H34O5S/c1-3-4-7-11-16(19)12-10-14-17(24(2,22)23)13-8-5-6-9-15-18(20)21/h3,16-17,19H,1,4-15H2,2H3,(H,20,21). The third-order valence-electron chi connectivity index (χ3n) is 4.28. The van der Waals surface area contributed by atoms with Gasteiger partial charge in [-0.2, -0.15) is 0 Å². The summed E-state index contributed by atoms with van der Waals surface area (Å²) in [5.41, 5.74) is 0. The first-order valence-corrected chi connectivity index (χ1v) is 10.9. The molecule has 0 aliphatic heterocycles. The van der Waals surface area contributed by atoms with Crippen LogP contribution in [0, 0.1) is 0 Å². The van der Waals surface area contributed by atoms with Gasteiger partial charge in [-0.15, -0.1) is 6.58 Å². The number of sulfone groups is 1. The second-order valence-electron chi connectivity index (χ2n) is 6.60. The number of hydrogen-bond donors (Lipinski definition) is 2. The summed E-state index contributed by atoms with van der Waals surface area (Å²) in [6, 6.07) is 0. The van der Waals surface area contributed by atoms with E-state index in [1.54, 1.807) is 0 Å². The van der Waals surface area contributed by atoms with E-state index in [4.69, 9.17) is 5.11 Å². The number of carboxylic acids is 1. The van der Waals surface area contributed by atoms with Crippen LogP contribution < -0.4 is 0 Å². The minimum absolute atomic E-state index is 0.180. The summed E-state index contributed by atoms with van der Waals surface area (Å²) in [5.74, 6) is -0.782. The number of aliphatic carboxylic acids is 1. The van der Waals surface area contributed by atoms with Gasteiger partial charge in [0.2, 0.25) is 0 Å². The zero-order valence-electron chi connectivity index (χ0n) is 15.0. The summed E-state index contributed by atoms with van der Waals surface area (Å²) in [7, 11) is -3.08. The van der Waals surface area contributed by atoms with Crippen LogP contribution in [0.4, 0.5) is 0 Å². The van der Waals surface area contributed by atoms with E-state index in [9.17, 15) is 18.3 Å². The highest BCUT2D eigenvalue weighted by Gasteiger charge is 2.20. The van der Waals surface area contributed by atoms with Gasteiger partial charge >= 0.3 is 5.97 Å². The fourth-order valence-corrected chi connectivity index (χ4v) is 3.99.